The van der Waals surface area contributed by atoms with Crippen molar-refractivity contribution in [3.05, 3.63) is 52.3 Å². The Kier molecular flexibility index (Phi) is 4.67. The van der Waals surface area contributed by atoms with E-state index < -0.39 is 11.7 Å². The van der Waals surface area contributed by atoms with Gasteiger partial charge in [-0.15, -0.1) is 0 Å². The van der Waals surface area contributed by atoms with Crippen LogP contribution in [0.15, 0.2) is 24.3 Å². The van der Waals surface area contributed by atoms with Crippen molar-refractivity contribution in [1.29, 1.82) is 0 Å². The molecule has 1 unspecified atom stereocenters. The predicted octanol–water partition coefficient (Wildman–Crippen LogP) is 4.05. The Labute approximate surface area is 139 Å². The van der Waals surface area contributed by atoms with Crippen molar-refractivity contribution in [3.63, 3.8) is 0 Å². The van der Waals surface area contributed by atoms with Crippen LogP contribution in [-0.2, 0) is 25.6 Å². The molecule has 130 valence electrons. The summed E-state index contributed by atoms with van der Waals surface area (Å²) >= 11 is 0. The summed E-state index contributed by atoms with van der Waals surface area (Å²) in [5.41, 5.74) is 3.96. The lowest BCUT2D eigenvalue weighted by atomic mass is 9.93. The first-order chi connectivity index (χ1) is 11.4. The first kappa shape index (κ1) is 17.0. The number of aryl methyl sites for hydroxylation is 3. The molecule has 3 rings (SSSR count). The summed E-state index contributed by atoms with van der Waals surface area (Å²) in [5.74, 6) is 0. The molecule has 1 N–H and O–H groups in total. The van der Waals surface area contributed by atoms with Gasteiger partial charge in [0.25, 0.3) is 0 Å². The highest BCUT2D eigenvalue weighted by atomic mass is 19.4. The van der Waals surface area contributed by atoms with E-state index in [9.17, 15) is 13.2 Å². The highest BCUT2D eigenvalue weighted by Crippen LogP contribution is 2.31. The fourth-order valence-corrected chi connectivity index (χ4v) is 3.51. The molecule has 6 heteroatoms. The molecule has 0 saturated carbocycles. The molecule has 1 aliphatic heterocycles. The number of aromatic nitrogens is 2. The predicted molar refractivity (Wildman–Crippen MR) is 86.9 cm³/mol. The van der Waals surface area contributed by atoms with E-state index in [1.807, 2.05) is 6.92 Å². The average Bonchev–Trinajstić information content (AvgIpc) is 2.89. The van der Waals surface area contributed by atoms with Crippen molar-refractivity contribution in [2.75, 3.05) is 6.54 Å². The van der Waals surface area contributed by atoms with Crippen LogP contribution >= 0.6 is 0 Å². The summed E-state index contributed by atoms with van der Waals surface area (Å²) < 4.78 is 39.9. The standard InChI is InChI=1S/C18H22F3N3/c1-3-24-16-10-11-22-15(17(16)12(2)23-24)9-6-13-4-7-14(8-5-13)18(19,20)21/h4-5,7-8,15,22H,3,6,9-11H2,1-2H3. The minimum atomic E-state index is -4.27. The molecule has 3 nitrogen and oxygen atoms in total. The number of halogens is 3. The lowest BCUT2D eigenvalue weighted by Crippen LogP contribution is -2.31. The Morgan fingerprint density at radius 1 is 1.25 bits per heavy atom. The fraction of sp³-hybridized carbons (Fsp3) is 0.500. The Bertz CT molecular complexity index is 702. The molecule has 1 aliphatic rings. The van der Waals surface area contributed by atoms with Crippen LogP contribution in [0.3, 0.4) is 0 Å². The van der Waals surface area contributed by atoms with Gasteiger partial charge in [-0.1, -0.05) is 12.1 Å². The number of alkyl halides is 3. The molecule has 2 heterocycles. The van der Waals surface area contributed by atoms with Gasteiger partial charge >= 0.3 is 6.18 Å². The van der Waals surface area contributed by atoms with Gasteiger partial charge in [-0.3, -0.25) is 4.68 Å². The number of nitrogens with one attached hydrogen (secondary N) is 1. The second kappa shape index (κ2) is 6.59. The van der Waals surface area contributed by atoms with E-state index in [0.717, 1.165) is 55.7 Å². The molecule has 1 aromatic heterocycles. The summed E-state index contributed by atoms with van der Waals surface area (Å²) in [5, 5.41) is 8.13. The normalized spacial score (nSPS) is 17.8. The maximum Gasteiger partial charge on any atom is 0.416 e. The minimum absolute atomic E-state index is 0.219. The Morgan fingerprint density at radius 3 is 2.58 bits per heavy atom. The van der Waals surface area contributed by atoms with Gasteiger partial charge in [0.1, 0.15) is 0 Å². The van der Waals surface area contributed by atoms with Crippen LogP contribution < -0.4 is 5.32 Å². The Morgan fingerprint density at radius 2 is 1.96 bits per heavy atom. The van der Waals surface area contributed by atoms with Gasteiger partial charge in [-0.25, -0.2) is 0 Å². The molecule has 0 spiro atoms. The highest BCUT2D eigenvalue weighted by molar-refractivity contribution is 5.32. The van der Waals surface area contributed by atoms with Crippen molar-refractivity contribution < 1.29 is 13.2 Å². The zero-order chi connectivity index (χ0) is 17.3. The van der Waals surface area contributed by atoms with E-state index in [0.29, 0.717) is 0 Å². The number of nitrogens with zero attached hydrogens (tertiary/aromatic N) is 2. The summed E-state index contributed by atoms with van der Waals surface area (Å²) in [6.07, 6.45) is -1.70. The van der Waals surface area contributed by atoms with E-state index in [-0.39, 0.29) is 6.04 Å². The van der Waals surface area contributed by atoms with Crippen LogP contribution in [0.2, 0.25) is 0 Å². The van der Waals surface area contributed by atoms with Gasteiger partial charge in [-0.2, -0.15) is 18.3 Å². The van der Waals surface area contributed by atoms with E-state index in [4.69, 9.17) is 0 Å². The molecular formula is C18H22F3N3. The van der Waals surface area contributed by atoms with Crippen molar-refractivity contribution >= 4 is 0 Å². The number of fused-ring (bicyclic) bond motifs is 1. The first-order valence-electron chi connectivity index (χ1n) is 8.36. The second-order valence-electron chi connectivity index (χ2n) is 6.25. The van der Waals surface area contributed by atoms with Gasteiger partial charge in [-0.05, 0) is 44.4 Å². The molecule has 0 saturated heterocycles. The van der Waals surface area contributed by atoms with Gasteiger partial charge in [0.05, 0.1) is 11.3 Å². The largest absolute Gasteiger partial charge is 0.416 e. The van der Waals surface area contributed by atoms with Crippen LogP contribution in [0.4, 0.5) is 13.2 Å². The van der Waals surface area contributed by atoms with E-state index in [2.05, 4.69) is 22.0 Å². The highest BCUT2D eigenvalue weighted by Gasteiger charge is 2.30. The van der Waals surface area contributed by atoms with E-state index in [1.165, 1.54) is 11.3 Å². The molecule has 2 aromatic rings. The van der Waals surface area contributed by atoms with Crippen LogP contribution in [0.1, 0.15) is 47.5 Å². The first-order valence-corrected chi connectivity index (χ1v) is 8.36. The molecule has 0 aliphatic carbocycles. The number of benzene rings is 1. The molecule has 1 atom stereocenters. The Hall–Kier alpha value is -1.82. The molecule has 0 fully saturated rings. The van der Waals surface area contributed by atoms with Gasteiger partial charge in [0.15, 0.2) is 0 Å². The summed E-state index contributed by atoms with van der Waals surface area (Å²) in [7, 11) is 0. The lowest BCUT2D eigenvalue weighted by molar-refractivity contribution is -0.137. The van der Waals surface area contributed by atoms with Crippen molar-refractivity contribution in [2.45, 2.75) is 51.9 Å². The monoisotopic (exact) mass is 337 g/mol. The zero-order valence-electron chi connectivity index (χ0n) is 14.0. The SMILES string of the molecule is CCn1nc(C)c2c1CCNC2CCc1ccc(C(F)(F)F)cc1. The molecule has 1 aromatic carbocycles. The third kappa shape index (κ3) is 3.34. The number of rotatable bonds is 4. The summed E-state index contributed by atoms with van der Waals surface area (Å²) in [6, 6.07) is 5.70. The maximum absolute atomic E-state index is 12.6. The quantitative estimate of drug-likeness (QED) is 0.912. The number of hydrogen-bond acceptors (Lipinski definition) is 2. The van der Waals surface area contributed by atoms with E-state index >= 15 is 0 Å². The summed E-state index contributed by atoms with van der Waals surface area (Å²) in [4.78, 5) is 0. The molecule has 0 radical (unpaired) electrons. The third-order valence-corrected chi connectivity index (χ3v) is 4.69. The van der Waals surface area contributed by atoms with Crippen LogP contribution in [0, 0.1) is 6.92 Å². The van der Waals surface area contributed by atoms with Gasteiger partial charge in [0, 0.05) is 36.8 Å². The topological polar surface area (TPSA) is 29.9 Å². The molecular weight excluding hydrogens is 315 g/mol. The fourth-order valence-electron chi connectivity index (χ4n) is 3.51. The summed E-state index contributed by atoms with van der Waals surface area (Å²) in [6.45, 7) is 5.90. The molecule has 0 bridgehead atoms. The lowest BCUT2D eigenvalue weighted by Gasteiger charge is -2.25. The smallest absolute Gasteiger partial charge is 0.309 e. The molecule has 24 heavy (non-hydrogen) atoms. The number of hydrogen-bond donors (Lipinski definition) is 1. The van der Waals surface area contributed by atoms with Crippen LogP contribution in [0.5, 0.6) is 0 Å². The van der Waals surface area contributed by atoms with Gasteiger partial charge in [0.2, 0.25) is 0 Å². The Balaban J connectivity index is 1.71. The van der Waals surface area contributed by atoms with Crippen LogP contribution in [0.25, 0.3) is 0 Å². The maximum atomic E-state index is 12.6. The van der Waals surface area contributed by atoms with Gasteiger partial charge < -0.3 is 5.32 Å². The average molecular weight is 337 g/mol. The van der Waals surface area contributed by atoms with Crippen molar-refractivity contribution in [3.8, 4) is 0 Å². The zero-order valence-corrected chi connectivity index (χ0v) is 14.0. The second-order valence-corrected chi connectivity index (χ2v) is 6.25. The van der Waals surface area contributed by atoms with Crippen molar-refractivity contribution in [1.82, 2.24) is 15.1 Å². The van der Waals surface area contributed by atoms with Crippen molar-refractivity contribution in [2.24, 2.45) is 0 Å². The third-order valence-electron chi connectivity index (χ3n) is 4.69. The van der Waals surface area contributed by atoms with E-state index in [1.54, 1.807) is 12.1 Å². The van der Waals surface area contributed by atoms with Crippen LogP contribution in [-0.4, -0.2) is 16.3 Å². The molecule has 0 amide bonds. The minimum Gasteiger partial charge on any atom is -0.309 e.